The molecule has 0 radical (unpaired) electrons. The van der Waals surface area contributed by atoms with Crippen molar-refractivity contribution in [1.29, 1.82) is 0 Å². The molecule has 122 valence electrons. The van der Waals surface area contributed by atoms with E-state index < -0.39 is 24.1 Å². The van der Waals surface area contributed by atoms with Crippen molar-refractivity contribution in [3.63, 3.8) is 0 Å². The molecule has 0 saturated carbocycles. The van der Waals surface area contributed by atoms with Gasteiger partial charge in [-0.25, -0.2) is 4.18 Å². The monoisotopic (exact) mass is 348 g/mol. The maximum Gasteiger partial charge on any atom is 0.501 e. The van der Waals surface area contributed by atoms with Crippen LogP contribution in [0.15, 0.2) is 0 Å². The third-order valence-corrected chi connectivity index (χ3v) is 6.82. The Balaban J connectivity index is 4.58. The van der Waals surface area contributed by atoms with Crippen LogP contribution in [-0.4, -0.2) is 51.3 Å². The Morgan fingerprint density at radius 2 is 1.60 bits per heavy atom. The SMILES string of the molecule is CCO[Si](CCC(O)OS(=O)(=S)OC)(OCC)OCC. The van der Waals surface area contributed by atoms with Crippen LogP contribution in [0.5, 0.6) is 0 Å². The second-order valence-electron chi connectivity index (χ2n) is 3.65. The zero-order valence-corrected chi connectivity index (χ0v) is 15.0. The Kier molecular flexibility index (Phi) is 10.3. The predicted molar refractivity (Wildman–Crippen MR) is 79.7 cm³/mol. The lowest BCUT2D eigenvalue weighted by molar-refractivity contribution is -0.0232. The van der Waals surface area contributed by atoms with Crippen LogP contribution in [0.25, 0.3) is 0 Å². The van der Waals surface area contributed by atoms with Gasteiger partial charge in [0.1, 0.15) is 0 Å². The number of hydrogen-bond acceptors (Lipinski definition) is 8. The summed E-state index contributed by atoms with van der Waals surface area (Å²) in [5.41, 5.74) is 0. The van der Waals surface area contributed by atoms with Gasteiger partial charge in [-0.2, -0.15) is 4.21 Å². The average molecular weight is 349 g/mol. The Bertz CT molecular complexity index is 332. The van der Waals surface area contributed by atoms with E-state index in [2.05, 4.69) is 15.4 Å². The molecule has 0 fully saturated rings. The molecule has 7 nitrogen and oxygen atoms in total. The molecular weight excluding hydrogens is 324 g/mol. The van der Waals surface area contributed by atoms with Gasteiger partial charge in [-0.05, 0) is 20.8 Å². The fraction of sp³-hybridized carbons (Fsp3) is 1.00. The van der Waals surface area contributed by atoms with Gasteiger partial charge in [-0.15, -0.1) is 0 Å². The Morgan fingerprint density at radius 3 is 1.95 bits per heavy atom. The zero-order valence-electron chi connectivity index (χ0n) is 12.3. The summed E-state index contributed by atoms with van der Waals surface area (Å²) in [4.78, 5) is 0. The van der Waals surface area contributed by atoms with Gasteiger partial charge in [0.2, 0.25) is 0 Å². The third-order valence-electron chi connectivity index (χ3n) is 2.22. The van der Waals surface area contributed by atoms with Crippen LogP contribution in [0.4, 0.5) is 0 Å². The minimum absolute atomic E-state index is 0.128. The van der Waals surface area contributed by atoms with Crippen LogP contribution in [0, 0.1) is 0 Å². The number of aliphatic hydroxyl groups is 1. The number of hydrogen-bond donors (Lipinski definition) is 1. The Labute approximate surface area is 127 Å². The summed E-state index contributed by atoms with van der Waals surface area (Å²) >= 11 is 4.52. The topological polar surface area (TPSA) is 83.5 Å². The number of rotatable bonds is 12. The summed E-state index contributed by atoms with van der Waals surface area (Å²) in [5, 5.41) is 9.69. The highest BCUT2D eigenvalue weighted by molar-refractivity contribution is 8.27. The van der Waals surface area contributed by atoms with Crippen molar-refractivity contribution in [1.82, 2.24) is 0 Å². The highest BCUT2D eigenvalue weighted by atomic mass is 32.9. The molecule has 0 aliphatic heterocycles. The van der Waals surface area contributed by atoms with Crippen LogP contribution in [0.1, 0.15) is 27.2 Å². The second-order valence-corrected chi connectivity index (χ2v) is 8.95. The van der Waals surface area contributed by atoms with Crippen LogP contribution in [-0.2, 0) is 41.9 Å². The second kappa shape index (κ2) is 10.1. The van der Waals surface area contributed by atoms with Crippen LogP contribution >= 0.6 is 0 Å². The first-order chi connectivity index (χ1) is 9.34. The van der Waals surface area contributed by atoms with E-state index in [1.54, 1.807) is 0 Å². The van der Waals surface area contributed by atoms with Gasteiger partial charge >= 0.3 is 8.80 Å². The van der Waals surface area contributed by atoms with Gasteiger partial charge in [-0.3, -0.25) is 4.18 Å². The molecule has 0 saturated heterocycles. The molecule has 0 aromatic carbocycles. The van der Waals surface area contributed by atoms with Crippen LogP contribution in [0.3, 0.4) is 0 Å². The van der Waals surface area contributed by atoms with E-state index in [1.807, 2.05) is 20.8 Å². The molecule has 0 aliphatic rings. The molecular formula is C10H24O7S2Si. The normalized spacial score (nSPS) is 16.9. The maximum absolute atomic E-state index is 11.4. The van der Waals surface area contributed by atoms with E-state index in [-0.39, 0.29) is 6.42 Å². The summed E-state index contributed by atoms with van der Waals surface area (Å²) in [6, 6.07) is 0.332. The quantitative estimate of drug-likeness (QED) is 0.413. The Hall–Kier alpha value is 0.347. The van der Waals surface area contributed by atoms with Crippen LogP contribution < -0.4 is 0 Å². The third kappa shape index (κ3) is 7.95. The van der Waals surface area contributed by atoms with Gasteiger partial charge < -0.3 is 18.4 Å². The van der Waals surface area contributed by atoms with Crippen molar-refractivity contribution >= 4 is 29.0 Å². The van der Waals surface area contributed by atoms with Crippen molar-refractivity contribution in [2.75, 3.05) is 26.9 Å². The highest BCUT2D eigenvalue weighted by Crippen LogP contribution is 2.20. The first-order valence-electron chi connectivity index (χ1n) is 6.43. The van der Waals surface area contributed by atoms with E-state index >= 15 is 0 Å². The van der Waals surface area contributed by atoms with Gasteiger partial charge in [0.15, 0.2) is 6.29 Å². The molecule has 0 aromatic rings. The lowest BCUT2D eigenvalue weighted by atomic mass is 10.5. The largest absolute Gasteiger partial charge is 0.501 e. The summed E-state index contributed by atoms with van der Waals surface area (Å²) in [6.45, 7) is 6.85. The molecule has 2 unspecified atom stereocenters. The molecule has 2 atom stereocenters. The standard InChI is InChI=1S/C10H24O7S2Si/c1-5-14-20(15-6-2,16-7-3)9-8-10(11)17-19(12,18)13-4/h10-11H,5-9H2,1-4H3. The maximum atomic E-state index is 11.4. The minimum Gasteiger partial charge on any atom is -0.374 e. The summed E-state index contributed by atoms with van der Waals surface area (Å²) in [5.74, 6) is 0. The molecule has 0 rings (SSSR count). The summed E-state index contributed by atoms with van der Waals surface area (Å²) in [7, 11) is -5.04. The van der Waals surface area contributed by atoms with Gasteiger partial charge in [-0.1, -0.05) is 0 Å². The van der Waals surface area contributed by atoms with Crippen molar-refractivity contribution in [2.24, 2.45) is 0 Å². The lowest BCUT2D eigenvalue weighted by Gasteiger charge is -2.29. The van der Waals surface area contributed by atoms with E-state index in [4.69, 9.17) is 17.5 Å². The van der Waals surface area contributed by atoms with E-state index in [0.29, 0.717) is 25.9 Å². The molecule has 0 aromatic heterocycles. The zero-order chi connectivity index (χ0) is 15.6. The molecule has 20 heavy (non-hydrogen) atoms. The van der Waals surface area contributed by atoms with Crippen molar-refractivity contribution in [3.8, 4) is 0 Å². The van der Waals surface area contributed by atoms with E-state index in [1.165, 1.54) is 0 Å². The molecule has 0 heterocycles. The predicted octanol–water partition coefficient (Wildman–Crippen LogP) is 0.983. The lowest BCUT2D eigenvalue weighted by Crippen LogP contribution is -2.46. The van der Waals surface area contributed by atoms with Gasteiger partial charge in [0.25, 0.3) is 9.05 Å². The van der Waals surface area contributed by atoms with E-state index in [0.717, 1.165) is 7.11 Å². The van der Waals surface area contributed by atoms with Crippen molar-refractivity contribution in [3.05, 3.63) is 0 Å². The molecule has 0 aliphatic carbocycles. The number of aliphatic hydroxyl groups excluding tert-OH is 1. The fourth-order valence-corrected chi connectivity index (χ4v) is 4.85. The average Bonchev–Trinajstić information content (AvgIpc) is 2.37. The van der Waals surface area contributed by atoms with E-state index in [9.17, 15) is 9.32 Å². The summed E-state index contributed by atoms with van der Waals surface area (Å²) in [6.07, 6.45) is -1.20. The Morgan fingerprint density at radius 1 is 1.15 bits per heavy atom. The molecule has 0 spiro atoms. The van der Waals surface area contributed by atoms with Crippen LogP contribution in [0.2, 0.25) is 6.04 Å². The van der Waals surface area contributed by atoms with Gasteiger partial charge in [0.05, 0.1) is 7.11 Å². The smallest absolute Gasteiger partial charge is 0.374 e. The molecule has 0 bridgehead atoms. The van der Waals surface area contributed by atoms with Gasteiger partial charge in [0, 0.05) is 43.5 Å². The molecule has 1 N–H and O–H groups in total. The summed E-state index contributed by atoms with van der Waals surface area (Å²) < 4.78 is 37.5. The van der Waals surface area contributed by atoms with Crippen molar-refractivity contribution in [2.45, 2.75) is 39.5 Å². The highest BCUT2D eigenvalue weighted by Gasteiger charge is 2.40. The minimum atomic E-state index is -3.35. The first kappa shape index (κ1) is 20.3. The fourth-order valence-electron chi connectivity index (χ4n) is 1.52. The van der Waals surface area contributed by atoms with Crippen molar-refractivity contribution < 1.29 is 31.0 Å². The molecule has 10 heteroatoms. The molecule has 0 amide bonds. The first-order valence-corrected chi connectivity index (χ1v) is 10.7.